The highest BCUT2D eigenvalue weighted by Crippen LogP contribution is 2.27. The lowest BCUT2D eigenvalue weighted by Crippen LogP contribution is -2.29. The zero-order valence-electron chi connectivity index (χ0n) is 12.8. The fourth-order valence-electron chi connectivity index (χ4n) is 2.11. The molecule has 1 aromatic carbocycles. The molecule has 0 radical (unpaired) electrons. The summed E-state index contributed by atoms with van der Waals surface area (Å²) in [5.41, 5.74) is 1.70. The minimum absolute atomic E-state index is 0.190. The van der Waals surface area contributed by atoms with Gasteiger partial charge in [-0.15, -0.1) is 5.10 Å². The number of nitrogens with one attached hydrogen (secondary N) is 2. The molecule has 114 valence electrons. The Morgan fingerprint density at radius 2 is 2.19 bits per heavy atom. The third kappa shape index (κ3) is 3.65. The Labute approximate surface area is 124 Å². The van der Waals surface area contributed by atoms with E-state index in [9.17, 15) is 4.79 Å². The van der Waals surface area contributed by atoms with E-state index in [4.69, 9.17) is 4.74 Å². The molecule has 0 atom stereocenters. The van der Waals surface area contributed by atoms with Crippen LogP contribution < -0.4 is 15.4 Å². The Kier molecular flexibility index (Phi) is 5.03. The van der Waals surface area contributed by atoms with Gasteiger partial charge >= 0.3 is 6.03 Å². The number of urea groups is 1. The zero-order valence-corrected chi connectivity index (χ0v) is 12.8. The molecule has 2 aromatic rings. The maximum Gasteiger partial charge on any atom is 0.319 e. The van der Waals surface area contributed by atoms with Crippen LogP contribution in [-0.4, -0.2) is 29.0 Å². The number of aromatic nitrogens is 2. The van der Waals surface area contributed by atoms with Crippen molar-refractivity contribution in [1.82, 2.24) is 15.1 Å². The molecule has 2 rings (SSSR count). The number of aryl methyl sites for hydroxylation is 1. The van der Waals surface area contributed by atoms with E-state index in [1.807, 2.05) is 32.2 Å². The molecule has 0 spiro atoms. The minimum Gasteiger partial charge on any atom is -0.476 e. The Morgan fingerprint density at radius 1 is 1.38 bits per heavy atom. The second-order valence-corrected chi connectivity index (χ2v) is 4.83. The molecule has 2 N–H and O–H groups in total. The summed E-state index contributed by atoms with van der Waals surface area (Å²) in [6, 6.07) is 5.47. The first-order valence-electron chi connectivity index (χ1n) is 7.30. The summed E-state index contributed by atoms with van der Waals surface area (Å²) in [6.45, 7) is 5.25. The van der Waals surface area contributed by atoms with Crippen LogP contribution >= 0.6 is 0 Å². The van der Waals surface area contributed by atoms with Crippen LogP contribution in [0.2, 0.25) is 0 Å². The largest absolute Gasteiger partial charge is 0.476 e. The lowest BCUT2D eigenvalue weighted by molar-refractivity contribution is 0.252. The van der Waals surface area contributed by atoms with E-state index in [-0.39, 0.29) is 6.03 Å². The Balaban J connectivity index is 2.14. The van der Waals surface area contributed by atoms with Gasteiger partial charge in [0.15, 0.2) is 0 Å². The fourth-order valence-corrected chi connectivity index (χ4v) is 2.11. The third-order valence-electron chi connectivity index (χ3n) is 3.17. The van der Waals surface area contributed by atoms with Crippen LogP contribution in [0.3, 0.4) is 0 Å². The van der Waals surface area contributed by atoms with Gasteiger partial charge in [-0.25, -0.2) is 4.79 Å². The Hall–Kier alpha value is -2.24. The average molecular weight is 290 g/mol. The predicted molar refractivity (Wildman–Crippen MR) is 83.8 cm³/mol. The van der Waals surface area contributed by atoms with Gasteiger partial charge in [-0.2, -0.15) is 0 Å². The molecule has 1 heterocycles. The topological polar surface area (TPSA) is 68.2 Å². The highest BCUT2D eigenvalue weighted by atomic mass is 16.5. The number of carbonyl (C=O) groups is 1. The molecule has 6 nitrogen and oxygen atoms in total. The van der Waals surface area contributed by atoms with Gasteiger partial charge in [-0.3, -0.25) is 4.68 Å². The van der Waals surface area contributed by atoms with Crippen molar-refractivity contribution in [2.45, 2.75) is 26.7 Å². The zero-order chi connectivity index (χ0) is 15.2. The Morgan fingerprint density at radius 3 is 2.90 bits per heavy atom. The van der Waals surface area contributed by atoms with Crippen molar-refractivity contribution in [2.75, 3.05) is 18.5 Å². The van der Waals surface area contributed by atoms with Crippen molar-refractivity contribution in [1.29, 1.82) is 0 Å². The van der Waals surface area contributed by atoms with E-state index in [0.717, 1.165) is 29.4 Å². The van der Waals surface area contributed by atoms with Gasteiger partial charge in [0, 0.05) is 19.3 Å². The number of amides is 2. The number of anilines is 1. The number of hydrogen-bond donors (Lipinski definition) is 2. The number of nitrogens with zero attached hydrogens (tertiary/aromatic N) is 2. The van der Waals surface area contributed by atoms with Crippen LogP contribution in [0.4, 0.5) is 10.5 Å². The minimum atomic E-state index is -0.190. The number of unbranched alkanes of at least 4 members (excludes halogenated alkanes) is 1. The van der Waals surface area contributed by atoms with Crippen molar-refractivity contribution < 1.29 is 9.53 Å². The van der Waals surface area contributed by atoms with Gasteiger partial charge in [0.05, 0.1) is 17.5 Å². The molecule has 0 aliphatic carbocycles. The van der Waals surface area contributed by atoms with Crippen LogP contribution in [0.1, 0.15) is 26.7 Å². The van der Waals surface area contributed by atoms with E-state index in [2.05, 4.69) is 22.7 Å². The van der Waals surface area contributed by atoms with Crippen LogP contribution in [0, 0.1) is 0 Å². The quantitative estimate of drug-likeness (QED) is 0.804. The predicted octanol–water partition coefficient (Wildman–Crippen LogP) is 2.89. The lowest BCUT2D eigenvalue weighted by Gasteiger charge is -2.07. The molecule has 0 saturated carbocycles. The first-order chi connectivity index (χ1) is 10.2. The van der Waals surface area contributed by atoms with E-state index < -0.39 is 0 Å². The smallest absolute Gasteiger partial charge is 0.319 e. The highest BCUT2D eigenvalue weighted by molar-refractivity contribution is 5.94. The molecule has 0 aliphatic rings. The molecule has 0 aliphatic heterocycles. The molecule has 1 aromatic heterocycles. The first kappa shape index (κ1) is 15.2. The number of ether oxygens (including phenoxy) is 1. The lowest BCUT2D eigenvalue weighted by atomic mass is 10.2. The molecule has 2 amide bonds. The molecule has 21 heavy (non-hydrogen) atoms. The molecule has 0 fully saturated rings. The maximum atomic E-state index is 11.8. The summed E-state index contributed by atoms with van der Waals surface area (Å²) in [5.74, 6) is 0.588. The molecule has 0 unspecified atom stereocenters. The van der Waals surface area contributed by atoms with E-state index in [1.54, 1.807) is 4.68 Å². The Bertz CT molecular complexity index is 621. The van der Waals surface area contributed by atoms with Crippen LogP contribution in [0.15, 0.2) is 18.2 Å². The van der Waals surface area contributed by atoms with E-state index >= 15 is 0 Å². The van der Waals surface area contributed by atoms with Crippen LogP contribution in [-0.2, 0) is 7.05 Å². The van der Waals surface area contributed by atoms with Crippen molar-refractivity contribution >= 4 is 22.6 Å². The molecule has 6 heteroatoms. The summed E-state index contributed by atoms with van der Waals surface area (Å²) < 4.78 is 7.29. The van der Waals surface area contributed by atoms with E-state index in [0.29, 0.717) is 19.0 Å². The van der Waals surface area contributed by atoms with Crippen LogP contribution in [0.25, 0.3) is 10.9 Å². The van der Waals surface area contributed by atoms with Crippen molar-refractivity contribution in [2.24, 2.45) is 7.05 Å². The van der Waals surface area contributed by atoms with Gasteiger partial charge in [0.2, 0.25) is 5.88 Å². The highest BCUT2D eigenvalue weighted by Gasteiger charge is 2.11. The SMILES string of the molecule is CCCCNC(=O)Nc1ccc2c(c1)c(OCC)nn2C. The summed E-state index contributed by atoms with van der Waals surface area (Å²) in [5, 5.41) is 10.9. The number of fused-ring (bicyclic) bond motifs is 1. The first-order valence-corrected chi connectivity index (χ1v) is 7.30. The van der Waals surface area contributed by atoms with E-state index in [1.165, 1.54) is 0 Å². The van der Waals surface area contributed by atoms with Gasteiger partial charge in [-0.05, 0) is 31.5 Å². The average Bonchev–Trinajstić information content (AvgIpc) is 2.76. The number of hydrogen-bond acceptors (Lipinski definition) is 3. The summed E-state index contributed by atoms with van der Waals surface area (Å²) >= 11 is 0. The monoisotopic (exact) mass is 290 g/mol. The van der Waals surface area contributed by atoms with Gasteiger partial charge in [0.1, 0.15) is 0 Å². The molecule has 0 saturated heterocycles. The number of rotatable bonds is 6. The number of benzene rings is 1. The molecule has 0 bridgehead atoms. The van der Waals surface area contributed by atoms with Gasteiger partial charge in [-0.1, -0.05) is 13.3 Å². The standard InChI is InChI=1S/C15H22N4O2/c1-4-6-9-16-15(20)17-11-7-8-13-12(10-11)14(21-5-2)18-19(13)3/h7-8,10H,4-6,9H2,1-3H3,(H2,16,17,20). The summed E-state index contributed by atoms with van der Waals surface area (Å²) in [4.78, 5) is 11.8. The van der Waals surface area contributed by atoms with Crippen LogP contribution in [0.5, 0.6) is 5.88 Å². The van der Waals surface area contributed by atoms with Crippen molar-refractivity contribution in [3.05, 3.63) is 18.2 Å². The molecular weight excluding hydrogens is 268 g/mol. The second kappa shape index (κ2) is 6.97. The fraction of sp³-hybridized carbons (Fsp3) is 0.467. The maximum absolute atomic E-state index is 11.8. The number of carbonyl (C=O) groups excluding carboxylic acids is 1. The van der Waals surface area contributed by atoms with Crippen molar-refractivity contribution in [3.8, 4) is 5.88 Å². The summed E-state index contributed by atoms with van der Waals surface area (Å²) in [7, 11) is 1.87. The van der Waals surface area contributed by atoms with Gasteiger partial charge < -0.3 is 15.4 Å². The van der Waals surface area contributed by atoms with Crippen molar-refractivity contribution in [3.63, 3.8) is 0 Å². The second-order valence-electron chi connectivity index (χ2n) is 4.83. The molecular formula is C15H22N4O2. The van der Waals surface area contributed by atoms with Gasteiger partial charge in [0.25, 0.3) is 0 Å². The summed E-state index contributed by atoms with van der Waals surface area (Å²) in [6.07, 6.45) is 2.03. The third-order valence-corrected chi connectivity index (χ3v) is 3.17. The normalized spacial score (nSPS) is 10.6.